The second kappa shape index (κ2) is 4.51. The lowest BCUT2D eigenvalue weighted by Crippen LogP contribution is -2.18. The topological polar surface area (TPSA) is 52.3 Å². The van der Waals surface area contributed by atoms with Crippen LogP contribution in [0.3, 0.4) is 0 Å². The van der Waals surface area contributed by atoms with Gasteiger partial charge >= 0.3 is 5.97 Å². The Bertz CT molecular complexity index is 409. The lowest BCUT2D eigenvalue weighted by Gasteiger charge is -2.25. The van der Waals surface area contributed by atoms with Crippen molar-refractivity contribution in [3.63, 3.8) is 0 Å². The molecule has 1 unspecified atom stereocenters. The number of esters is 1. The molecule has 1 aliphatic rings. The molecule has 1 saturated carbocycles. The molecule has 1 aliphatic carbocycles. The van der Waals surface area contributed by atoms with Gasteiger partial charge in [0.05, 0.1) is 6.61 Å². The molecule has 0 radical (unpaired) electrons. The SMILES string of the molecule is CCOC(=O)c1ncoc1C1CCCC1(C)C. The summed E-state index contributed by atoms with van der Waals surface area (Å²) in [6.45, 7) is 6.57. The van der Waals surface area contributed by atoms with Gasteiger partial charge in [-0.25, -0.2) is 9.78 Å². The van der Waals surface area contributed by atoms with Crippen molar-refractivity contribution in [2.45, 2.75) is 46.0 Å². The van der Waals surface area contributed by atoms with Gasteiger partial charge in [-0.2, -0.15) is 0 Å². The van der Waals surface area contributed by atoms with Gasteiger partial charge in [0.2, 0.25) is 0 Å². The fourth-order valence-corrected chi connectivity index (χ4v) is 2.67. The van der Waals surface area contributed by atoms with E-state index in [-0.39, 0.29) is 17.3 Å². The van der Waals surface area contributed by atoms with E-state index in [9.17, 15) is 4.79 Å². The van der Waals surface area contributed by atoms with Crippen LogP contribution in [0, 0.1) is 5.41 Å². The van der Waals surface area contributed by atoms with E-state index >= 15 is 0 Å². The molecule has 17 heavy (non-hydrogen) atoms. The Balaban J connectivity index is 2.28. The number of nitrogens with zero attached hydrogens (tertiary/aromatic N) is 1. The summed E-state index contributed by atoms with van der Waals surface area (Å²) < 4.78 is 10.4. The van der Waals surface area contributed by atoms with Crippen molar-refractivity contribution < 1.29 is 13.9 Å². The highest BCUT2D eigenvalue weighted by Crippen LogP contribution is 2.49. The van der Waals surface area contributed by atoms with Crippen molar-refractivity contribution in [3.05, 3.63) is 17.8 Å². The van der Waals surface area contributed by atoms with E-state index in [1.54, 1.807) is 6.92 Å². The molecule has 1 aromatic rings. The minimum Gasteiger partial charge on any atom is -0.461 e. The molecule has 0 aromatic carbocycles. The third-order valence-electron chi connectivity index (χ3n) is 3.64. The molecule has 0 aliphatic heterocycles. The summed E-state index contributed by atoms with van der Waals surface area (Å²) in [5, 5.41) is 0. The van der Waals surface area contributed by atoms with Gasteiger partial charge in [-0.15, -0.1) is 0 Å². The fraction of sp³-hybridized carbons (Fsp3) is 0.692. The molecule has 0 spiro atoms. The normalized spacial score (nSPS) is 22.6. The van der Waals surface area contributed by atoms with Crippen molar-refractivity contribution in [2.24, 2.45) is 5.41 Å². The van der Waals surface area contributed by atoms with Gasteiger partial charge < -0.3 is 9.15 Å². The maximum absolute atomic E-state index is 11.7. The third-order valence-corrected chi connectivity index (χ3v) is 3.64. The van der Waals surface area contributed by atoms with E-state index in [0.717, 1.165) is 12.8 Å². The first kappa shape index (κ1) is 12.1. The molecular weight excluding hydrogens is 218 g/mol. The fourth-order valence-electron chi connectivity index (χ4n) is 2.67. The van der Waals surface area contributed by atoms with E-state index in [4.69, 9.17) is 9.15 Å². The lowest BCUT2D eigenvalue weighted by atomic mass is 9.80. The molecule has 2 rings (SSSR count). The van der Waals surface area contributed by atoms with E-state index in [1.807, 2.05) is 0 Å². The molecule has 1 atom stereocenters. The first-order chi connectivity index (χ1) is 8.06. The van der Waals surface area contributed by atoms with E-state index in [2.05, 4.69) is 18.8 Å². The van der Waals surface area contributed by atoms with Gasteiger partial charge in [0.15, 0.2) is 12.1 Å². The predicted molar refractivity (Wildman–Crippen MR) is 62.8 cm³/mol. The van der Waals surface area contributed by atoms with Crippen LogP contribution in [0.5, 0.6) is 0 Å². The Hall–Kier alpha value is -1.32. The molecule has 1 fully saturated rings. The van der Waals surface area contributed by atoms with Crippen molar-refractivity contribution in [1.82, 2.24) is 4.98 Å². The molecule has 1 heterocycles. The van der Waals surface area contributed by atoms with Gasteiger partial charge in [0.1, 0.15) is 5.76 Å². The van der Waals surface area contributed by atoms with Gasteiger partial charge in [-0.05, 0) is 25.2 Å². The Labute approximate surface area is 101 Å². The number of oxazole rings is 1. The van der Waals surface area contributed by atoms with Crippen molar-refractivity contribution >= 4 is 5.97 Å². The van der Waals surface area contributed by atoms with Crippen LogP contribution in [0.4, 0.5) is 0 Å². The van der Waals surface area contributed by atoms with Crippen molar-refractivity contribution in [2.75, 3.05) is 6.61 Å². The second-order valence-electron chi connectivity index (χ2n) is 5.22. The largest absolute Gasteiger partial charge is 0.461 e. The highest BCUT2D eigenvalue weighted by atomic mass is 16.5. The van der Waals surface area contributed by atoms with E-state index in [1.165, 1.54) is 12.8 Å². The van der Waals surface area contributed by atoms with Gasteiger partial charge in [-0.3, -0.25) is 0 Å². The first-order valence-corrected chi connectivity index (χ1v) is 6.16. The number of ether oxygens (including phenoxy) is 1. The second-order valence-corrected chi connectivity index (χ2v) is 5.22. The zero-order valence-corrected chi connectivity index (χ0v) is 10.7. The van der Waals surface area contributed by atoms with Crippen molar-refractivity contribution in [1.29, 1.82) is 0 Å². The maximum Gasteiger partial charge on any atom is 0.360 e. The Kier molecular flexibility index (Phi) is 3.22. The molecule has 0 saturated heterocycles. The number of rotatable bonds is 3. The summed E-state index contributed by atoms with van der Waals surface area (Å²) in [6.07, 6.45) is 4.71. The van der Waals surface area contributed by atoms with Gasteiger partial charge in [0, 0.05) is 5.92 Å². The minimum atomic E-state index is -0.376. The van der Waals surface area contributed by atoms with E-state index < -0.39 is 0 Å². The quantitative estimate of drug-likeness (QED) is 0.758. The highest BCUT2D eigenvalue weighted by molar-refractivity contribution is 5.88. The third kappa shape index (κ3) is 2.21. The molecule has 0 bridgehead atoms. The predicted octanol–water partition coefficient (Wildman–Crippen LogP) is 3.15. The van der Waals surface area contributed by atoms with Crippen LogP contribution in [0.15, 0.2) is 10.8 Å². The molecule has 0 amide bonds. The van der Waals surface area contributed by atoms with Crippen LogP contribution in [0.2, 0.25) is 0 Å². The maximum atomic E-state index is 11.7. The summed E-state index contributed by atoms with van der Waals surface area (Å²) >= 11 is 0. The summed E-state index contributed by atoms with van der Waals surface area (Å²) in [5.74, 6) is 0.592. The number of carbonyl (C=O) groups is 1. The molecular formula is C13H19NO3. The first-order valence-electron chi connectivity index (χ1n) is 6.16. The molecule has 94 valence electrons. The van der Waals surface area contributed by atoms with Crippen LogP contribution < -0.4 is 0 Å². The number of hydrogen-bond acceptors (Lipinski definition) is 4. The van der Waals surface area contributed by atoms with E-state index in [0.29, 0.717) is 18.1 Å². The number of carbonyl (C=O) groups excluding carboxylic acids is 1. The van der Waals surface area contributed by atoms with Crippen LogP contribution in [-0.4, -0.2) is 17.6 Å². The Morgan fingerprint density at radius 1 is 1.65 bits per heavy atom. The van der Waals surface area contributed by atoms with Crippen molar-refractivity contribution in [3.8, 4) is 0 Å². The summed E-state index contributed by atoms with van der Waals surface area (Å²) in [7, 11) is 0. The van der Waals surface area contributed by atoms with Crippen LogP contribution in [-0.2, 0) is 4.74 Å². The molecule has 4 nitrogen and oxygen atoms in total. The summed E-state index contributed by atoms with van der Waals surface area (Å²) in [6, 6.07) is 0. The summed E-state index contributed by atoms with van der Waals surface area (Å²) in [4.78, 5) is 15.8. The monoisotopic (exact) mass is 237 g/mol. The highest BCUT2D eigenvalue weighted by Gasteiger charge is 2.40. The van der Waals surface area contributed by atoms with Gasteiger partial charge in [0.25, 0.3) is 0 Å². The average molecular weight is 237 g/mol. The Morgan fingerprint density at radius 2 is 2.41 bits per heavy atom. The molecule has 1 aromatic heterocycles. The zero-order chi connectivity index (χ0) is 12.5. The standard InChI is InChI=1S/C13H19NO3/c1-4-16-12(15)10-11(17-8-14-10)9-6-5-7-13(9,2)3/h8-9H,4-7H2,1-3H3. The lowest BCUT2D eigenvalue weighted by molar-refractivity contribution is 0.0515. The van der Waals surface area contributed by atoms with Crippen LogP contribution >= 0.6 is 0 Å². The average Bonchev–Trinajstić information content (AvgIpc) is 2.83. The smallest absolute Gasteiger partial charge is 0.360 e. The van der Waals surface area contributed by atoms with Gasteiger partial charge in [-0.1, -0.05) is 20.3 Å². The Morgan fingerprint density at radius 3 is 3.00 bits per heavy atom. The minimum absolute atomic E-state index is 0.167. The molecule has 4 heteroatoms. The van der Waals surface area contributed by atoms with Crippen LogP contribution in [0.1, 0.15) is 62.2 Å². The number of hydrogen-bond donors (Lipinski definition) is 0. The molecule has 0 N–H and O–H groups in total. The van der Waals surface area contributed by atoms with Crippen LogP contribution in [0.25, 0.3) is 0 Å². The number of aromatic nitrogens is 1. The zero-order valence-electron chi connectivity index (χ0n) is 10.7. The summed E-state index contributed by atoms with van der Waals surface area (Å²) in [5.41, 5.74) is 0.521.